The van der Waals surface area contributed by atoms with Crippen molar-refractivity contribution in [2.45, 2.75) is 55.9 Å². The van der Waals surface area contributed by atoms with Crippen LogP contribution in [0.15, 0.2) is 45.3 Å². The van der Waals surface area contributed by atoms with Crippen molar-refractivity contribution in [3.8, 4) is 0 Å². The average molecular weight is 666 g/mol. The summed E-state index contributed by atoms with van der Waals surface area (Å²) in [6.45, 7) is 10.4. The number of nitrogens with zero attached hydrogens (tertiary/aromatic N) is 2. The van der Waals surface area contributed by atoms with Gasteiger partial charge in [0.1, 0.15) is 0 Å². The van der Waals surface area contributed by atoms with Gasteiger partial charge in [-0.3, -0.25) is 4.55 Å². The maximum atomic E-state index is 11.3. The van der Waals surface area contributed by atoms with E-state index in [2.05, 4.69) is 55.4 Å². The van der Waals surface area contributed by atoms with Crippen LogP contribution in [0.25, 0.3) is 12.2 Å². The third-order valence-corrected chi connectivity index (χ3v) is 13.6. The molecule has 1 atom stereocenters. The van der Waals surface area contributed by atoms with Gasteiger partial charge in [-0.25, -0.2) is 0 Å². The SMILES string of the molecule is CCC(=Cc1sc2c([n+]1CC)[Te]C(C)C(C)=C2)C=C1Sc2ccc(Cl)cc2N1CCCS(=O)(=O)O. The zero-order chi connectivity index (χ0) is 25.3. The summed E-state index contributed by atoms with van der Waals surface area (Å²) >= 11 is 9.58. The molecule has 0 saturated heterocycles. The van der Waals surface area contributed by atoms with Crippen LogP contribution in [-0.2, 0) is 16.7 Å². The van der Waals surface area contributed by atoms with Crippen LogP contribution in [0.5, 0.6) is 0 Å². The minimum atomic E-state index is -4.00. The number of benzene rings is 1. The summed E-state index contributed by atoms with van der Waals surface area (Å²) < 4.78 is 36.5. The molecule has 0 bridgehead atoms. The number of hydrogen-bond donors (Lipinski definition) is 1. The van der Waals surface area contributed by atoms with Gasteiger partial charge in [-0.2, -0.15) is 8.42 Å². The summed E-state index contributed by atoms with van der Waals surface area (Å²) in [5.74, 6) is -0.264. The molecule has 1 aromatic carbocycles. The number of fused-ring (bicyclic) bond motifs is 2. The van der Waals surface area contributed by atoms with Crippen molar-refractivity contribution in [3.63, 3.8) is 0 Å². The van der Waals surface area contributed by atoms with Gasteiger partial charge >= 0.3 is 220 Å². The second-order valence-electron chi connectivity index (χ2n) is 8.56. The van der Waals surface area contributed by atoms with Gasteiger partial charge in [0.2, 0.25) is 0 Å². The van der Waals surface area contributed by atoms with Crippen molar-refractivity contribution in [1.29, 1.82) is 0 Å². The second-order valence-corrected chi connectivity index (χ2v) is 16.5. The van der Waals surface area contributed by atoms with E-state index >= 15 is 0 Å². The summed E-state index contributed by atoms with van der Waals surface area (Å²) in [7, 11) is -4.00. The van der Waals surface area contributed by atoms with Gasteiger partial charge in [0.15, 0.2) is 0 Å². The van der Waals surface area contributed by atoms with Gasteiger partial charge in [-0.05, 0) is 0 Å². The van der Waals surface area contributed by atoms with Gasteiger partial charge < -0.3 is 0 Å². The number of thiazole rings is 1. The molecule has 10 heteroatoms. The number of thioether (sulfide) groups is 1. The number of rotatable bonds is 8. The summed E-state index contributed by atoms with van der Waals surface area (Å²) in [6.07, 6.45) is 8.11. The third-order valence-electron chi connectivity index (χ3n) is 6.04. The van der Waals surface area contributed by atoms with Crippen molar-refractivity contribution in [2.75, 3.05) is 17.2 Å². The van der Waals surface area contributed by atoms with Crippen LogP contribution in [0.4, 0.5) is 5.69 Å². The summed E-state index contributed by atoms with van der Waals surface area (Å²) in [4.78, 5) is 4.63. The van der Waals surface area contributed by atoms with Crippen LogP contribution in [0.3, 0.4) is 0 Å². The Morgan fingerprint density at radius 1 is 1.34 bits per heavy atom. The molecule has 1 unspecified atom stereocenters. The van der Waals surface area contributed by atoms with Crippen LogP contribution in [0, 0.1) is 0 Å². The molecule has 5 nitrogen and oxygen atoms in total. The minimum Gasteiger partial charge on any atom is -0.286 e. The first-order chi connectivity index (χ1) is 16.6. The minimum absolute atomic E-state index is 0.258. The summed E-state index contributed by atoms with van der Waals surface area (Å²) in [5.41, 5.74) is 3.70. The molecular weight excluding hydrogens is 636 g/mol. The number of hydrogen-bond acceptors (Lipinski definition) is 5. The maximum absolute atomic E-state index is 11.3. The second kappa shape index (κ2) is 11.3. The van der Waals surface area contributed by atoms with E-state index < -0.39 is 10.1 Å². The van der Waals surface area contributed by atoms with Crippen LogP contribution < -0.4 is 13.2 Å². The van der Waals surface area contributed by atoms with Crippen LogP contribution in [-0.4, -0.2) is 46.2 Å². The predicted octanol–water partition coefficient (Wildman–Crippen LogP) is 5.79. The number of anilines is 1. The van der Waals surface area contributed by atoms with E-state index in [4.69, 9.17) is 11.6 Å². The summed E-state index contributed by atoms with van der Waals surface area (Å²) in [5, 5.41) is 2.98. The summed E-state index contributed by atoms with van der Waals surface area (Å²) in [6, 6.07) is 5.81. The molecule has 0 aliphatic carbocycles. The quantitative estimate of drug-likeness (QED) is 0.220. The Morgan fingerprint density at radius 3 is 2.80 bits per heavy atom. The van der Waals surface area contributed by atoms with Crippen molar-refractivity contribution in [3.05, 3.63) is 55.4 Å². The fourth-order valence-electron chi connectivity index (χ4n) is 4.03. The Morgan fingerprint density at radius 2 is 2.11 bits per heavy atom. The first kappa shape index (κ1) is 27.2. The molecule has 2 aromatic rings. The van der Waals surface area contributed by atoms with Crippen LogP contribution >= 0.6 is 34.7 Å². The zero-order valence-corrected chi connectivity index (χ0v) is 25.8. The van der Waals surface area contributed by atoms with Crippen LogP contribution in [0.2, 0.25) is 8.99 Å². The molecule has 0 radical (unpaired) electrons. The van der Waals surface area contributed by atoms with E-state index in [-0.39, 0.29) is 26.7 Å². The molecule has 0 spiro atoms. The molecule has 2 aliphatic rings. The molecule has 1 aromatic heterocycles. The Hall–Kier alpha value is -0.790. The first-order valence-electron chi connectivity index (χ1n) is 11.6. The molecule has 0 amide bonds. The van der Waals surface area contributed by atoms with Crippen molar-refractivity contribution in [1.82, 2.24) is 0 Å². The molecule has 3 heterocycles. The smallest absolute Gasteiger partial charge is 0.286 e. The first-order valence-corrected chi connectivity index (χ1v) is 17.8. The van der Waals surface area contributed by atoms with E-state index in [1.807, 2.05) is 29.5 Å². The Bertz CT molecular complexity index is 1330. The van der Waals surface area contributed by atoms with Crippen molar-refractivity contribution >= 4 is 87.3 Å². The molecule has 4 rings (SSSR count). The number of halogens is 1. The third kappa shape index (κ3) is 6.38. The zero-order valence-electron chi connectivity index (χ0n) is 20.2. The number of aromatic nitrogens is 1. The van der Waals surface area contributed by atoms with E-state index in [9.17, 15) is 13.0 Å². The normalized spacial score (nSPS) is 19.2. The fraction of sp³-hybridized carbons (Fsp3) is 0.400. The Labute approximate surface area is 231 Å². The molecular formula is C25H30ClN2O3S3Te+. The fourth-order valence-corrected chi connectivity index (χ4v) is 11.1. The Balaban J connectivity index is 1.69. The Kier molecular flexibility index (Phi) is 8.80. The molecule has 1 N–H and O–H groups in total. The standard InChI is InChI=1S/C25H29ClN2O3S3Te/c1-5-18(13-23-27(6-2)25-22(33-23)12-16(3)17(4)35-25)14-24-28(10-7-11-34(29,30)31)20-15-19(26)8-9-21(20)32-24/h8-9,12-15,17H,5-7,10-11H2,1-4H3/p+1. The van der Waals surface area contributed by atoms with E-state index in [0.717, 1.165) is 28.6 Å². The van der Waals surface area contributed by atoms with Gasteiger partial charge in [0.05, 0.1) is 0 Å². The molecule has 0 saturated carbocycles. The van der Waals surface area contributed by atoms with Gasteiger partial charge in [0, 0.05) is 0 Å². The van der Waals surface area contributed by atoms with E-state index in [0.29, 0.717) is 22.0 Å². The molecule has 2 aliphatic heterocycles. The van der Waals surface area contributed by atoms with Crippen LogP contribution in [0.1, 0.15) is 50.4 Å². The van der Waals surface area contributed by atoms with Gasteiger partial charge in [-0.15, -0.1) is 0 Å². The van der Waals surface area contributed by atoms with Gasteiger partial charge in [-0.1, -0.05) is 0 Å². The monoisotopic (exact) mass is 667 g/mol. The predicted molar refractivity (Wildman–Crippen MR) is 151 cm³/mol. The average Bonchev–Trinajstić information content (AvgIpc) is 3.29. The van der Waals surface area contributed by atoms with Crippen molar-refractivity contribution in [2.24, 2.45) is 0 Å². The topological polar surface area (TPSA) is 61.5 Å². The van der Waals surface area contributed by atoms with E-state index in [1.165, 1.54) is 21.0 Å². The molecule has 188 valence electrons. The molecule has 35 heavy (non-hydrogen) atoms. The molecule has 0 fully saturated rings. The van der Waals surface area contributed by atoms with Gasteiger partial charge in [0.25, 0.3) is 0 Å². The number of allylic oxidation sites excluding steroid dienone is 3. The van der Waals surface area contributed by atoms with E-state index in [1.54, 1.807) is 15.5 Å². The van der Waals surface area contributed by atoms with Crippen molar-refractivity contribution < 1.29 is 17.5 Å².